The van der Waals surface area contributed by atoms with Crippen LogP contribution in [0.2, 0.25) is 0 Å². The van der Waals surface area contributed by atoms with Crippen LogP contribution in [0.1, 0.15) is 23.2 Å². The summed E-state index contributed by atoms with van der Waals surface area (Å²) in [5.74, 6) is -2.81. The van der Waals surface area contributed by atoms with Crippen molar-refractivity contribution in [3.8, 4) is 5.75 Å². The fourth-order valence-electron chi connectivity index (χ4n) is 2.06. The first-order valence-corrected chi connectivity index (χ1v) is 7.40. The van der Waals surface area contributed by atoms with E-state index in [2.05, 4.69) is 4.74 Å². The molecule has 26 heavy (non-hydrogen) atoms. The number of benzene rings is 1. The van der Waals surface area contributed by atoms with Crippen LogP contribution in [0.25, 0.3) is 0 Å². The number of nitrogens with two attached hydrogens (primary N) is 1. The maximum Gasteiger partial charge on any atom is 0.490 e. The van der Waals surface area contributed by atoms with Crippen molar-refractivity contribution in [2.45, 2.75) is 31.7 Å². The van der Waals surface area contributed by atoms with Crippen molar-refractivity contribution < 1.29 is 41.4 Å². The van der Waals surface area contributed by atoms with Crippen molar-refractivity contribution in [2.24, 2.45) is 5.73 Å². The Kier molecular flexibility index (Phi) is 7.75. The van der Waals surface area contributed by atoms with Crippen LogP contribution in [0.3, 0.4) is 0 Å². The van der Waals surface area contributed by atoms with E-state index >= 15 is 0 Å². The molecule has 1 aliphatic rings. The standard InChI is InChI=1S/C13H16F2N2O2.C2HF3O2/c14-13(15)19-11-3-1-9(2-4-11)12(18)17-7-5-10(16)6-8-17;3-2(4,5)1(6)7/h1-4,10,13H,5-8,16H2;(H,6,7). The van der Waals surface area contributed by atoms with E-state index in [1.54, 1.807) is 4.90 Å². The number of carboxylic acid groups (broad SMARTS) is 1. The van der Waals surface area contributed by atoms with Gasteiger partial charge in [-0.2, -0.15) is 22.0 Å². The van der Waals surface area contributed by atoms with E-state index in [1.807, 2.05) is 0 Å². The van der Waals surface area contributed by atoms with Gasteiger partial charge in [-0.3, -0.25) is 4.79 Å². The second-order valence-electron chi connectivity index (χ2n) is 5.34. The molecule has 1 saturated heterocycles. The minimum Gasteiger partial charge on any atom is -0.475 e. The number of rotatable bonds is 3. The Morgan fingerprint density at radius 1 is 1.15 bits per heavy atom. The lowest BCUT2D eigenvalue weighted by atomic mass is 10.0. The Labute approximate surface area is 145 Å². The van der Waals surface area contributed by atoms with Crippen LogP contribution in [0.5, 0.6) is 5.75 Å². The predicted octanol–water partition coefficient (Wildman–Crippen LogP) is 2.48. The van der Waals surface area contributed by atoms with Gasteiger partial charge in [0.15, 0.2) is 0 Å². The monoisotopic (exact) mass is 384 g/mol. The van der Waals surface area contributed by atoms with Gasteiger partial charge in [0, 0.05) is 24.7 Å². The summed E-state index contributed by atoms with van der Waals surface area (Å²) >= 11 is 0. The number of alkyl halides is 5. The first-order valence-electron chi connectivity index (χ1n) is 7.40. The van der Waals surface area contributed by atoms with Gasteiger partial charge < -0.3 is 20.5 Å². The Bertz CT molecular complexity index is 599. The summed E-state index contributed by atoms with van der Waals surface area (Å²) in [4.78, 5) is 22.8. The topological polar surface area (TPSA) is 92.9 Å². The molecule has 1 fully saturated rings. The van der Waals surface area contributed by atoms with Gasteiger partial charge in [0.2, 0.25) is 0 Å². The number of carbonyl (C=O) groups is 2. The Balaban J connectivity index is 0.000000412. The summed E-state index contributed by atoms with van der Waals surface area (Å²) in [5.41, 5.74) is 6.25. The molecular formula is C15H17F5N2O4. The fraction of sp³-hybridized carbons (Fsp3) is 0.467. The van der Waals surface area contributed by atoms with Gasteiger partial charge in [-0.1, -0.05) is 0 Å². The molecule has 1 amide bonds. The number of amides is 1. The molecule has 0 aliphatic carbocycles. The van der Waals surface area contributed by atoms with Crippen LogP contribution in [0, 0.1) is 0 Å². The van der Waals surface area contributed by atoms with Crippen molar-refractivity contribution in [1.29, 1.82) is 0 Å². The molecule has 1 aromatic rings. The molecule has 3 N–H and O–H groups in total. The van der Waals surface area contributed by atoms with Gasteiger partial charge in [0.1, 0.15) is 5.75 Å². The minimum atomic E-state index is -5.08. The molecule has 0 aromatic heterocycles. The minimum absolute atomic E-state index is 0.0483. The number of halogens is 5. The first-order chi connectivity index (χ1) is 12.0. The molecule has 1 heterocycles. The van der Waals surface area contributed by atoms with Crippen LogP contribution in [-0.2, 0) is 4.79 Å². The highest BCUT2D eigenvalue weighted by Crippen LogP contribution is 2.18. The molecule has 11 heteroatoms. The Morgan fingerprint density at radius 3 is 2.00 bits per heavy atom. The molecule has 0 spiro atoms. The van der Waals surface area contributed by atoms with Gasteiger partial charge in [-0.05, 0) is 37.1 Å². The molecule has 146 valence electrons. The van der Waals surface area contributed by atoms with Gasteiger partial charge in [0.25, 0.3) is 5.91 Å². The molecule has 0 unspecified atom stereocenters. The third-order valence-electron chi connectivity index (χ3n) is 3.40. The molecule has 1 aromatic carbocycles. The number of likely N-dealkylation sites (tertiary alicyclic amines) is 1. The largest absolute Gasteiger partial charge is 0.490 e. The third kappa shape index (κ3) is 7.21. The van der Waals surface area contributed by atoms with Gasteiger partial charge >= 0.3 is 18.8 Å². The van der Waals surface area contributed by atoms with Gasteiger partial charge in [0.05, 0.1) is 0 Å². The number of piperidine rings is 1. The van der Waals surface area contributed by atoms with E-state index in [9.17, 15) is 26.7 Å². The number of nitrogens with zero attached hydrogens (tertiary/aromatic N) is 1. The zero-order chi connectivity index (χ0) is 19.9. The highest BCUT2D eigenvalue weighted by atomic mass is 19.4. The third-order valence-corrected chi connectivity index (χ3v) is 3.40. The summed E-state index contributed by atoms with van der Waals surface area (Å²) in [7, 11) is 0. The van der Waals surface area contributed by atoms with E-state index in [4.69, 9.17) is 15.6 Å². The van der Waals surface area contributed by atoms with E-state index < -0.39 is 18.8 Å². The number of hydrogen-bond donors (Lipinski definition) is 2. The average molecular weight is 384 g/mol. The summed E-state index contributed by atoms with van der Waals surface area (Å²) in [6.07, 6.45) is -3.50. The number of aliphatic carboxylic acids is 1. The second kappa shape index (κ2) is 9.32. The molecule has 0 saturated carbocycles. The zero-order valence-electron chi connectivity index (χ0n) is 13.4. The van der Waals surface area contributed by atoms with Crippen LogP contribution in [0.15, 0.2) is 24.3 Å². The number of hydrogen-bond acceptors (Lipinski definition) is 4. The van der Waals surface area contributed by atoms with Crippen LogP contribution < -0.4 is 10.5 Å². The van der Waals surface area contributed by atoms with E-state index in [0.717, 1.165) is 12.8 Å². The normalized spacial score (nSPS) is 15.3. The predicted molar refractivity (Wildman–Crippen MR) is 79.9 cm³/mol. The summed E-state index contributed by atoms with van der Waals surface area (Å²) in [6.45, 7) is -1.59. The maximum atomic E-state index is 12.1. The summed E-state index contributed by atoms with van der Waals surface area (Å²) in [6, 6.07) is 5.89. The lowest BCUT2D eigenvalue weighted by Crippen LogP contribution is -2.42. The Hall–Kier alpha value is -2.43. The molecule has 0 bridgehead atoms. The number of carboxylic acids is 1. The maximum absolute atomic E-state index is 12.1. The second-order valence-corrected chi connectivity index (χ2v) is 5.34. The van der Waals surface area contributed by atoms with Crippen LogP contribution >= 0.6 is 0 Å². The summed E-state index contributed by atoms with van der Waals surface area (Å²) < 4.78 is 60.0. The van der Waals surface area contributed by atoms with Crippen molar-refractivity contribution in [3.05, 3.63) is 29.8 Å². The molecule has 1 aliphatic heterocycles. The first kappa shape index (κ1) is 21.6. The van der Waals surface area contributed by atoms with E-state index in [0.29, 0.717) is 18.7 Å². The highest BCUT2D eigenvalue weighted by molar-refractivity contribution is 5.94. The van der Waals surface area contributed by atoms with E-state index in [-0.39, 0.29) is 17.7 Å². The van der Waals surface area contributed by atoms with Crippen LogP contribution in [-0.4, -0.2) is 53.8 Å². The molecule has 6 nitrogen and oxygen atoms in total. The van der Waals surface area contributed by atoms with Crippen molar-refractivity contribution in [1.82, 2.24) is 4.90 Å². The SMILES string of the molecule is NC1CCN(C(=O)c2ccc(OC(F)F)cc2)CC1.O=C(O)C(F)(F)F. The average Bonchev–Trinajstić information content (AvgIpc) is 2.55. The van der Waals surface area contributed by atoms with Crippen molar-refractivity contribution in [3.63, 3.8) is 0 Å². The fourth-order valence-corrected chi connectivity index (χ4v) is 2.06. The lowest BCUT2D eigenvalue weighted by Gasteiger charge is -2.30. The number of carbonyl (C=O) groups excluding carboxylic acids is 1. The van der Waals surface area contributed by atoms with Gasteiger partial charge in [-0.25, -0.2) is 4.79 Å². The van der Waals surface area contributed by atoms with Crippen molar-refractivity contribution >= 4 is 11.9 Å². The zero-order valence-corrected chi connectivity index (χ0v) is 13.4. The molecule has 0 atom stereocenters. The smallest absolute Gasteiger partial charge is 0.475 e. The lowest BCUT2D eigenvalue weighted by molar-refractivity contribution is -0.192. The number of ether oxygens (including phenoxy) is 1. The Morgan fingerprint density at radius 2 is 1.62 bits per heavy atom. The van der Waals surface area contributed by atoms with Crippen molar-refractivity contribution in [2.75, 3.05) is 13.1 Å². The molecule has 0 radical (unpaired) electrons. The van der Waals surface area contributed by atoms with Gasteiger partial charge in [-0.15, -0.1) is 0 Å². The summed E-state index contributed by atoms with van der Waals surface area (Å²) in [5, 5.41) is 7.12. The quantitative estimate of drug-likeness (QED) is 0.781. The highest BCUT2D eigenvalue weighted by Gasteiger charge is 2.38. The van der Waals surface area contributed by atoms with E-state index in [1.165, 1.54) is 24.3 Å². The molecular weight excluding hydrogens is 367 g/mol. The molecule has 2 rings (SSSR count). The van der Waals surface area contributed by atoms with Crippen LogP contribution in [0.4, 0.5) is 22.0 Å².